The number of amides is 2. The number of benzene rings is 1. The molecule has 7 nitrogen and oxygen atoms in total. The number of likely N-dealkylation sites (tertiary alicyclic amines) is 1. The van der Waals surface area contributed by atoms with Crippen LogP contribution < -0.4 is 10.6 Å². The Morgan fingerprint density at radius 2 is 2.04 bits per heavy atom. The number of aryl methyl sites for hydroxylation is 1. The van der Waals surface area contributed by atoms with Gasteiger partial charge >= 0.3 is 5.97 Å². The monoisotopic (exact) mass is 331 g/mol. The van der Waals surface area contributed by atoms with Gasteiger partial charge in [-0.3, -0.25) is 9.59 Å². The zero-order chi connectivity index (χ0) is 17.5. The van der Waals surface area contributed by atoms with Gasteiger partial charge in [0.05, 0.1) is 5.56 Å². The van der Waals surface area contributed by atoms with Crippen LogP contribution >= 0.6 is 0 Å². The lowest BCUT2D eigenvalue weighted by molar-refractivity contribution is -0.149. The first kappa shape index (κ1) is 16.3. The standard InChI is InChI=1S/C17H21N3O4/c1-10-3-4-12-13(9-10)18-17(19-15(12)22)6-5-14(21)20(8-7-17)11(2)16(23)24/h3-4,9,11,18H,5-8H2,1-2H3,(H,19,22)(H,23,24)/t11-,17+/m0/s1. The molecule has 7 heteroatoms. The van der Waals surface area contributed by atoms with Crippen LogP contribution in [0, 0.1) is 6.92 Å². The fourth-order valence-corrected chi connectivity index (χ4v) is 3.35. The van der Waals surface area contributed by atoms with Crippen molar-refractivity contribution < 1.29 is 19.5 Å². The highest BCUT2D eigenvalue weighted by molar-refractivity contribution is 6.02. The number of anilines is 1. The fourth-order valence-electron chi connectivity index (χ4n) is 3.35. The molecule has 128 valence electrons. The first-order valence-corrected chi connectivity index (χ1v) is 8.05. The lowest BCUT2D eigenvalue weighted by Gasteiger charge is -2.40. The van der Waals surface area contributed by atoms with E-state index in [-0.39, 0.29) is 24.8 Å². The van der Waals surface area contributed by atoms with Crippen LogP contribution in [0.4, 0.5) is 5.69 Å². The second kappa shape index (κ2) is 5.81. The summed E-state index contributed by atoms with van der Waals surface area (Å²) in [4.78, 5) is 37.3. The average Bonchev–Trinajstić information content (AvgIpc) is 2.66. The van der Waals surface area contributed by atoms with E-state index < -0.39 is 17.7 Å². The summed E-state index contributed by atoms with van der Waals surface area (Å²) < 4.78 is 0. The smallest absolute Gasteiger partial charge is 0.326 e. The molecule has 1 fully saturated rings. The van der Waals surface area contributed by atoms with E-state index in [4.69, 9.17) is 5.11 Å². The summed E-state index contributed by atoms with van der Waals surface area (Å²) in [5.41, 5.74) is 1.65. The van der Waals surface area contributed by atoms with E-state index in [0.29, 0.717) is 18.4 Å². The van der Waals surface area contributed by atoms with Gasteiger partial charge in [-0.05, 0) is 38.0 Å². The molecule has 2 aliphatic rings. The van der Waals surface area contributed by atoms with Crippen LogP contribution in [-0.4, -0.2) is 46.0 Å². The van der Waals surface area contributed by atoms with Gasteiger partial charge in [0.2, 0.25) is 5.91 Å². The Labute approximate surface area is 140 Å². The molecule has 0 radical (unpaired) electrons. The predicted molar refractivity (Wildman–Crippen MR) is 87.7 cm³/mol. The molecule has 1 saturated heterocycles. The van der Waals surface area contributed by atoms with E-state index in [2.05, 4.69) is 10.6 Å². The van der Waals surface area contributed by atoms with Crippen molar-refractivity contribution in [3.63, 3.8) is 0 Å². The SMILES string of the molecule is Cc1ccc2c(c1)N[C@]1(CCC(=O)N([C@@H](C)C(=O)O)CC1)NC2=O. The van der Waals surface area contributed by atoms with Gasteiger partial charge in [-0.2, -0.15) is 0 Å². The molecule has 1 aromatic carbocycles. The summed E-state index contributed by atoms with van der Waals surface area (Å²) in [6.07, 6.45) is 1.06. The van der Waals surface area contributed by atoms with Crippen LogP contribution in [-0.2, 0) is 9.59 Å². The van der Waals surface area contributed by atoms with Gasteiger partial charge < -0.3 is 20.6 Å². The molecule has 0 aromatic heterocycles. The van der Waals surface area contributed by atoms with Crippen molar-refractivity contribution in [3.8, 4) is 0 Å². The minimum atomic E-state index is -1.03. The van der Waals surface area contributed by atoms with Gasteiger partial charge in [-0.1, -0.05) is 6.07 Å². The number of nitrogens with zero attached hydrogens (tertiary/aromatic N) is 1. The average molecular weight is 331 g/mol. The quantitative estimate of drug-likeness (QED) is 0.759. The van der Waals surface area contributed by atoms with Crippen LogP contribution in [0.2, 0.25) is 0 Å². The number of hydrogen-bond donors (Lipinski definition) is 3. The lowest BCUT2D eigenvalue weighted by Crippen LogP contribution is -2.58. The van der Waals surface area contributed by atoms with Gasteiger partial charge in [0.15, 0.2) is 0 Å². The van der Waals surface area contributed by atoms with E-state index in [1.54, 1.807) is 6.07 Å². The summed E-state index contributed by atoms with van der Waals surface area (Å²) in [5, 5.41) is 15.5. The fraction of sp³-hybridized carbons (Fsp3) is 0.471. The normalized spacial score (nSPS) is 24.7. The van der Waals surface area contributed by atoms with Crippen LogP contribution in [0.1, 0.15) is 42.1 Å². The topological polar surface area (TPSA) is 98.7 Å². The predicted octanol–water partition coefficient (Wildman–Crippen LogP) is 1.33. The van der Waals surface area contributed by atoms with Gasteiger partial charge in [-0.15, -0.1) is 0 Å². The Morgan fingerprint density at radius 3 is 2.75 bits per heavy atom. The number of aliphatic carboxylic acids is 1. The first-order valence-electron chi connectivity index (χ1n) is 8.05. The number of rotatable bonds is 2. The van der Waals surface area contributed by atoms with E-state index in [0.717, 1.165) is 11.3 Å². The summed E-state index contributed by atoms with van der Waals surface area (Å²) in [7, 11) is 0. The summed E-state index contributed by atoms with van der Waals surface area (Å²) in [5.74, 6) is -1.40. The van der Waals surface area contributed by atoms with Gasteiger partial charge in [-0.25, -0.2) is 4.79 Å². The zero-order valence-electron chi connectivity index (χ0n) is 13.8. The molecule has 2 amide bonds. The largest absolute Gasteiger partial charge is 0.480 e. The highest BCUT2D eigenvalue weighted by atomic mass is 16.4. The Kier molecular flexibility index (Phi) is 3.95. The molecule has 2 atom stereocenters. The maximum Gasteiger partial charge on any atom is 0.326 e. The molecule has 3 rings (SSSR count). The number of hydrogen-bond acceptors (Lipinski definition) is 4. The van der Waals surface area contributed by atoms with Crippen LogP contribution in [0.15, 0.2) is 18.2 Å². The minimum Gasteiger partial charge on any atom is -0.480 e. The third-order valence-corrected chi connectivity index (χ3v) is 4.84. The zero-order valence-corrected chi connectivity index (χ0v) is 13.8. The molecule has 0 aliphatic carbocycles. The number of carboxylic acids is 1. The Balaban J connectivity index is 1.86. The maximum absolute atomic E-state index is 12.4. The molecule has 0 bridgehead atoms. The number of carboxylic acid groups (broad SMARTS) is 1. The van der Waals surface area contributed by atoms with E-state index >= 15 is 0 Å². The maximum atomic E-state index is 12.4. The van der Waals surface area contributed by atoms with Crippen LogP contribution in [0.3, 0.4) is 0 Å². The highest BCUT2D eigenvalue weighted by Crippen LogP contribution is 2.32. The first-order chi connectivity index (χ1) is 11.3. The van der Waals surface area contributed by atoms with Gasteiger partial charge in [0, 0.05) is 25.1 Å². The van der Waals surface area contributed by atoms with E-state index in [1.807, 2.05) is 19.1 Å². The second-order valence-corrected chi connectivity index (χ2v) is 6.56. The summed E-state index contributed by atoms with van der Waals surface area (Å²) >= 11 is 0. The molecular formula is C17H21N3O4. The molecule has 0 unspecified atom stereocenters. The molecule has 3 N–H and O–H groups in total. The molecule has 1 spiro atoms. The molecular weight excluding hydrogens is 310 g/mol. The highest BCUT2D eigenvalue weighted by Gasteiger charge is 2.41. The van der Waals surface area contributed by atoms with Crippen LogP contribution in [0.25, 0.3) is 0 Å². The van der Waals surface area contributed by atoms with Crippen molar-refractivity contribution in [1.29, 1.82) is 0 Å². The third-order valence-electron chi connectivity index (χ3n) is 4.84. The molecule has 2 heterocycles. The van der Waals surface area contributed by atoms with E-state index in [9.17, 15) is 14.4 Å². The van der Waals surface area contributed by atoms with Crippen molar-refractivity contribution in [2.75, 3.05) is 11.9 Å². The van der Waals surface area contributed by atoms with Crippen molar-refractivity contribution in [3.05, 3.63) is 29.3 Å². The third kappa shape index (κ3) is 2.81. The van der Waals surface area contributed by atoms with Crippen molar-refractivity contribution in [2.45, 2.75) is 44.8 Å². The van der Waals surface area contributed by atoms with Crippen molar-refractivity contribution >= 4 is 23.5 Å². The van der Waals surface area contributed by atoms with Gasteiger partial charge in [0.25, 0.3) is 5.91 Å². The minimum absolute atomic E-state index is 0.170. The summed E-state index contributed by atoms with van der Waals surface area (Å²) in [6.45, 7) is 3.73. The molecule has 0 saturated carbocycles. The number of fused-ring (bicyclic) bond motifs is 1. The Morgan fingerprint density at radius 1 is 1.29 bits per heavy atom. The molecule has 2 aliphatic heterocycles. The summed E-state index contributed by atoms with van der Waals surface area (Å²) in [6, 6.07) is 4.70. The Hall–Kier alpha value is -2.57. The number of nitrogens with one attached hydrogen (secondary N) is 2. The number of carbonyl (C=O) groups excluding carboxylic acids is 2. The van der Waals surface area contributed by atoms with Crippen molar-refractivity contribution in [2.24, 2.45) is 0 Å². The Bertz CT molecular complexity index is 718. The number of carbonyl (C=O) groups is 3. The van der Waals surface area contributed by atoms with Gasteiger partial charge in [0.1, 0.15) is 11.7 Å². The molecule has 1 aromatic rings. The van der Waals surface area contributed by atoms with E-state index in [1.165, 1.54) is 11.8 Å². The van der Waals surface area contributed by atoms with Crippen molar-refractivity contribution in [1.82, 2.24) is 10.2 Å². The molecule has 24 heavy (non-hydrogen) atoms. The second-order valence-electron chi connectivity index (χ2n) is 6.56. The lowest BCUT2D eigenvalue weighted by atomic mass is 9.94. The van der Waals surface area contributed by atoms with Crippen LogP contribution in [0.5, 0.6) is 0 Å².